The largest absolute Gasteiger partial charge is 0.454 e. The summed E-state index contributed by atoms with van der Waals surface area (Å²) in [7, 11) is 0. The molecule has 0 spiro atoms. The molecule has 1 aliphatic rings. The minimum absolute atomic E-state index is 0.0381. The Balaban J connectivity index is 2.38. The van der Waals surface area contributed by atoms with Crippen LogP contribution in [0.25, 0.3) is 5.57 Å². The number of benzene rings is 1. The molecule has 0 bridgehead atoms. The van der Waals surface area contributed by atoms with Gasteiger partial charge in [-0.05, 0) is 24.6 Å². The summed E-state index contributed by atoms with van der Waals surface area (Å²) in [4.78, 5) is 11.1. The summed E-state index contributed by atoms with van der Waals surface area (Å²) in [5, 5.41) is 0. The molecule has 0 saturated carbocycles. The van der Waals surface area contributed by atoms with Crippen molar-refractivity contribution in [1.29, 1.82) is 0 Å². The zero-order valence-corrected chi connectivity index (χ0v) is 7.87. The zero-order valence-electron chi connectivity index (χ0n) is 7.87. The fraction of sp³-hybridized carbons (Fsp3) is 0.182. The van der Waals surface area contributed by atoms with E-state index < -0.39 is 0 Å². The van der Waals surface area contributed by atoms with Gasteiger partial charge in [-0.3, -0.25) is 4.79 Å². The number of carbonyl (C=O) groups is 1. The van der Waals surface area contributed by atoms with Crippen LogP contribution in [0.5, 0.6) is 11.5 Å². The van der Waals surface area contributed by atoms with Gasteiger partial charge >= 0.3 is 0 Å². The van der Waals surface area contributed by atoms with Crippen LogP contribution in [-0.4, -0.2) is 12.6 Å². The van der Waals surface area contributed by atoms with Gasteiger partial charge in [0.1, 0.15) is 0 Å². The van der Waals surface area contributed by atoms with E-state index in [1.807, 2.05) is 0 Å². The van der Waals surface area contributed by atoms with Crippen molar-refractivity contribution in [2.45, 2.75) is 6.92 Å². The molecular weight excluding hydrogens is 180 g/mol. The van der Waals surface area contributed by atoms with Crippen LogP contribution in [0.3, 0.4) is 0 Å². The van der Waals surface area contributed by atoms with Crippen LogP contribution in [0.4, 0.5) is 0 Å². The van der Waals surface area contributed by atoms with E-state index in [0.717, 1.165) is 5.56 Å². The fourth-order valence-electron chi connectivity index (χ4n) is 1.29. The Labute approximate surface area is 81.9 Å². The van der Waals surface area contributed by atoms with Crippen molar-refractivity contribution in [2.75, 3.05) is 6.79 Å². The Bertz CT molecular complexity index is 407. The summed E-state index contributed by atoms with van der Waals surface area (Å²) in [5.41, 5.74) is 1.27. The second-order valence-electron chi connectivity index (χ2n) is 3.10. The molecule has 72 valence electrons. The highest BCUT2D eigenvalue weighted by Gasteiger charge is 2.14. The summed E-state index contributed by atoms with van der Waals surface area (Å²) >= 11 is 0. The van der Waals surface area contributed by atoms with Gasteiger partial charge in [0.2, 0.25) is 6.79 Å². The number of Topliss-reactive ketones (excluding diaryl/α,β-unsaturated/α-hetero) is 1. The van der Waals surface area contributed by atoms with E-state index >= 15 is 0 Å². The second-order valence-corrected chi connectivity index (χ2v) is 3.10. The molecule has 0 N–H and O–H groups in total. The molecule has 0 saturated heterocycles. The summed E-state index contributed by atoms with van der Waals surface area (Å²) in [6, 6.07) is 5.36. The molecule has 0 aliphatic carbocycles. The molecular formula is C11H10O3. The molecule has 0 fully saturated rings. The number of rotatable bonds is 2. The smallest absolute Gasteiger partial charge is 0.231 e. The molecule has 1 aromatic carbocycles. The highest BCUT2D eigenvalue weighted by atomic mass is 16.7. The van der Waals surface area contributed by atoms with Crippen LogP contribution in [0, 0.1) is 0 Å². The normalized spacial score (nSPS) is 12.6. The SMILES string of the molecule is C=C(C(C)=O)c1ccc2c(c1)OCO2. The minimum atomic E-state index is -0.0381. The Morgan fingerprint density at radius 1 is 1.36 bits per heavy atom. The lowest BCUT2D eigenvalue weighted by Crippen LogP contribution is -1.94. The van der Waals surface area contributed by atoms with Crippen LogP contribution in [-0.2, 0) is 4.79 Å². The first-order chi connectivity index (χ1) is 6.68. The third kappa shape index (κ3) is 1.37. The highest BCUT2D eigenvalue weighted by Crippen LogP contribution is 2.34. The second kappa shape index (κ2) is 3.18. The maximum Gasteiger partial charge on any atom is 0.231 e. The molecule has 0 radical (unpaired) electrons. The van der Waals surface area contributed by atoms with Gasteiger partial charge in [0.05, 0.1) is 0 Å². The van der Waals surface area contributed by atoms with Crippen molar-refractivity contribution in [3.05, 3.63) is 30.3 Å². The third-order valence-electron chi connectivity index (χ3n) is 2.15. The predicted molar refractivity (Wildman–Crippen MR) is 52.3 cm³/mol. The van der Waals surface area contributed by atoms with Crippen molar-refractivity contribution < 1.29 is 14.3 Å². The molecule has 0 aromatic heterocycles. The van der Waals surface area contributed by atoms with Gasteiger partial charge in [-0.1, -0.05) is 12.6 Å². The number of fused-ring (bicyclic) bond motifs is 1. The first kappa shape index (κ1) is 8.81. The number of hydrogen-bond donors (Lipinski definition) is 0. The van der Waals surface area contributed by atoms with Crippen molar-refractivity contribution in [2.24, 2.45) is 0 Å². The number of ketones is 1. The molecule has 1 aromatic rings. The quantitative estimate of drug-likeness (QED) is 0.669. The van der Waals surface area contributed by atoms with Crippen LogP contribution in [0.15, 0.2) is 24.8 Å². The van der Waals surface area contributed by atoms with E-state index in [9.17, 15) is 4.79 Å². The Morgan fingerprint density at radius 2 is 2.07 bits per heavy atom. The molecule has 3 nitrogen and oxygen atoms in total. The van der Waals surface area contributed by atoms with Crippen molar-refractivity contribution in [1.82, 2.24) is 0 Å². The zero-order chi connectivity index (χ0) is 10.1. The molecule has 1 heterocycles. The van der Waals surface area contributed by atoms with Gasteiger partial charge in [0.25, 0.3) is 0 Å². The van der Waals surface area contributed by atoms with Gasteiger partial charge in [-0.15, -0.1) is 0 Å². The number of ether oxygens (including phenoxy) is 2. The monoisotopic (exact) mass is 190 g/mol. The molecule has 0 amide bonds. The van der Waals surface area contributed by atoms with Crippen molar-refractivity contribution >= 4 is 11.4 Å². The summed E-state index contributed by atoms with van der Waals surface area (Å²) < 4.78 is 10.4. The fourth-order valence-corrected chi connectivity index (χ4v) is 1.29. The van der Waals surface area contributed by atoms with Gasteiger partial charge in [-0.25, -0.2) is 0 Å². The maximum absolute atomic E-state index is 11.1. The molecule has 1 aliphatic heterocycles. The van der Waals surface area contributed by atoms with Crippen LogP contribution in [0.1, 0.15) is 12.5 Å². The first-order valence-corrected chi connectivity index (χ1v) is 4.28. The van der Waals surface area contributed by atoms with E-state index in [1.165, 1.54) is 6.92 Å². The standard InChI is InChI=1S/C11H10O3/c1-7(8(2)12)9-3-4-10-11(5-9)14-6-13-10/h3-5H,1,6H2,2H3. The molecule has 0 unspecified atom stereocenters. The predicted octanol–water partition coefficient (Wildman–Crippen LogP) is 2.02. The molecule has 14 heavy (non-hydrogen) atoms. The molecule has 2 rings (SSSR count). The maximum atomic E-state index is 11.1. The Kier molecular flexibility index (Phi) is 2.00. The first-order valence-electron chi connectivity index (χ1n) is 4.28. The third-order valence-corrected chi connectivity index (χ3v) is 2.15. The lowest BCUT2D eigenvalue weighted by Gasteiger charge is -2.02. The van der Waals surface area contributed by atoms with Crippen LogP contribution < -0.4 is 9.47 Å². The summed E-state index contributed by atoms with van der Waals surface area (Å²) in [5.74, 6) is 1.35. The van der Waals surface area contributed by atoms with E-state index in [4.69, 9.17) is 9.47 Å². The lowest BCUT2D eigenvalue weighted by atomic mass is 10.0. The molecule has 3 heteroatoms. The van der Waals surface area contributed by atoms with Crippen LogP contribution in [0.2, 0.25) is 0 Å². The topological polar surface area (TPSA) is 35.5 Å². The van der Waals surface area contributed by atoms with Crippen molar-refractivity contribution in [3.63, 3.8) is 0 Å². The van der Waals surface area contributed by atoms with E-state index in [1.54, 1.807) is 18.2 Å². The van der Waals surface area contributed by atoms with E-state index in [-0.39, 0.29) is 12.6 Å². The van der Waals surface area contributed by atoms with E-state index in [2.05, 4.69) is 6.58 Å². The van der Waals surface area contributed by atoms with Gasteiger partial charge in [0.15, 0.2) is 17.3 Å². The minimum Gasteiger partial charge on any atom is -0.454 e. The number of hydrogen-bond acceptors (Lipinski definition) is 3. The lowest BCUT2D eigenvalue weighted by molar-refractivity contribution is -0.111. The number of allylic oxidation sites excluding steroid dienone is 1. The average Bonchev–Trinajstić information content (AvgIpc) is 2.62. The number of carbonyl (C=O) groups excluding carboxylic acids is 1. The average molecular weight is 190 g/mol. The Hall–Kier alpha value is -1.77. The van der Waals surface area contributed by atoms with E-state index in [0.29, 0.717) is 17.1 Å². The van der Waals surface area contributed by atoms with Gasteiger partial charge < -0.3 is 9.47 Å². The summed E-state index contributed by atoms with van der Waals surface area (Å²) in [6.07, 6.45) is 0. The highest BCUT2D eigenvalue weighted by molar-refractivity contribution is 6.18. The Morgan fingerprint density at radius 3 is 2.79 bits per heavy atom. The molecule has 0 atom stereocenters. The summed E-state index contributed by atoms with van der Waals surface area (Å²) in [6.45, 7) is 5.44. The van der Waals surface area contributed by atoms with Gasteiger partial charge in [0, 0.05) is 5.57 Å². The van der Waals surface area contributed by atoms with Crippen molar-refractivity contribution in [3.8, 4) is 11.5 Å². The van der Waals surface area contributed by atoms with Crippen LogP contribution >= 0.6 is 0 Å². The van der Waals surface area contributed by atoms with Gasteiger partial charge in [-0.2, -0.15) is 0 Å².